The molecule has 0 aliphatic rings. The summed E-state index contributed by atoms with van der Waals surface area (Å²) >= 11 is 0. The highest BCUT2D eigenvalue weighted by atomic mass is 15.1. The summed E-state index contributed by atoms with van der Waals surface area (Å²) in [5.41, 5.74) is 7.85. The highest BCUT2D eigenvalue weighted by Gasteiger charge is 2.11. The first-order chi connectivity index (χ1) is 9.56. The van der Waals surface area contributed by atoms with Gasteiger partial charge < -0.3 is 10.3 Å². The fraction of sp³-hybridized carbons (Fsp3) is 0.438. The summed E-state index contributed by atoms with van der Waals surface area (Å²) in [6, 6.07) is 8.64. The zero-order valence-electron chi connectivity index (χ0n) is 12.6. The van der Waals surface area contributed by atoms with Crippen LogP contribution < -0.4 is 5.73 Å². The Bertz CT molecular complexity index is 528. The number of hydrogen-bond acceptors (Lipinski definition) is 3. The number of benzene rings is 1. The number of anilines is 1. The van der Waals surface area contributed by atoms with Crippen LogP contribution in [0.4, 0.5) is 5.69 Å². The van der Waals surface area contributed by atoms with Crippen LogP contribution in [0.15, 0.2) is 36.7 Å². The summed E-state index contributed by atoms with van der Waals surface area (Å²) in [5, 5.41) is 0. The van der Waals surface area contributed by atoms with Crippen LogP contribution in [0.25, 0.3) is 0 Å². The van der Waals surface area contributed by atoms with Crippen LogP contribution in [0.2, 0.25) is 0 Å². The highest BCUT2D eigenvalue weighted by molar-refractivity contribution is 5.39. The summed E-state index contributed by atoms with van der Waals surface area (Å²) < 4.78 is 2.09. The van der Waals surface area contributed by atoms with E-state index in [0.717, 1.165) is 31.0 Å². The molecule has 20 heavy (non-hydrogen) atoms. The Morgan fingerprint density at radius 3 is 2.50 bits per heavy atom. The molecule has 2 N–H and O–H groups in total. The Labute approximate surface area is 121 Å². The molecule has 0 fully saturated rings. The molecule has 1 heterocycles. The van der Waals surface area contributed by atoms with Crippen LogP contribution in [-0.4, -0.2) is 27.0 Å². The van der Waals surface area contributed by atoms with Gasteiger partial charge in [0.15, 0.2) is 0 Å². The molecule has 4 nitrogen and oxygen atoms in total. The molecule has 1 aromatic carbocycles. The summed E-state index contributed by atoms with van der Waals surface area (Å²) in [7, 11) is 2.04. The fourth-order valence-electron chi connectivity index (χ4n) is 2.26. The van der Waals surface area contributed by atoms with E-state index in [4.69, 9.17) is 5.73 Å². The molecule has 0 atom stereocenters. The Morgan fingerprint density at radius 1 is 1.25 bits per heavy atom. The Balaban J connectivity index is 1.97. The third-order valence-corrected chi connectivity index (χ3v) is 3.64. The molecule has 0 spiro atoms. The molecule has 4 heteroatoms. The average Bonchev–Trinajstić information content (AvgIpc) is 2.82. The minimum atomic E-state index is 0.507. The van der Waals surface area contributed by atoms with E-state index in [0.29, 0.717) is 6.04 Å². The molecular weight excluding hydrogens is 248 g/mol. The molecule has 0 bridgehead atoms. The number of rotatable bonds is 6. The van der Waals surface area contributed by atoms with Gasteiger partial charge in [0.25, 0.3) is 0 Å². The van der Waals surface area contributed by atoms with Gasteiger partial charge in [0, 0.05) is 50.7 Å². The average molecular weight is 272 g/mol. The van der Waals surface area contributed by atoms with Gasteiger partial charge in [0.05, 0.1) is 0 Å². The third kappa shape index (κ3) is 3.84. The third-order valence-electron chi connectivity index (χ3n) is 3.64. The van der Waals surface area contributed by atoms with Crippen molar-refractivity contribution in [3.63, 3.8) is 0 Å². The second kappa shape index (κ2) is 6.57. The van der Waals surface area contributed by atoms with Crippen molar-refractivity contribution in [2.75, 3.05) is 12.3 Å². The van der Waals surface area contributed by atoms with Crippen LogP contribution >= 0.6 is 0 Å². The predicted molar refractivity (Wildman–Crippen MR) is 83.3 cm³/mol. The lowest BCUT2D eigenvalue weighted by molar-refractivity contribution is 0.214. The molecule has 0 radical (unpaired) electrons. The van der Waals surface area contributed by atoms with Crippen LogP contribution in [0.1, 0.15) is 25.2 Å². The minimum Gasteiger partial charge on any atom is -0.399 e. The van der Waals surface area contributed by atoms with E-state index in [9.17, 15) is 0 Å². The Kier molecular flexibility index (Phi) is 4.79. The molecule has 2 rings (SSSR count). The second-order valence-corrected chi connectivity index (χ2v) is 5.51. The molecule has 1 aromatic heterocycles. The number of imidazole rings is 1. The number of nitrogens with zero attached hydrogens (tertiary/aromatic N) is 3. The van der Waals surface area contributed by atoms with E-state index in [1.807, 2.05) is 31.6 Å². The van der Waals surface area contributed by atoms with Crippen molar-refractivity contribution in [2.45, 2.75) is 32.9 Å². The highest BCUT2D eigenvalue weighted by Crippen LogP contribution is 2.11. The standard InChI is InChI=1S/C16H24N4/c1-13(2)20(10-8-16-18-9-11-19(16)3)12-14-4-6-15(17)7-5-14/h4-7,9,11,13H,8,10,12,17H2,1-3H3. The van der Waals surface area contributed by atoms with E-state index in [-0.39, 0.29) is 0 Å². The van der Waals surface area contributed by atoms with Crippen molar-refractivity contribution < 1.29 is 0 Å². The monoisotopic (exact) mass is 272 g/mol. The lowest BCUT2D eigenvalue weighted by Gasteiger charge is -2.26. The zero-order valence-corrected chi connectivity index (χ0v) is 12.6. The van der Waals surface area contributed by atoms with E-state index in [1.54, 1.807) is 0 Å². The topological polar surface area (TPSA) is 47.1 Å². The molecular formula is C16H24N4. The lowest BCUT2D eigenvalue weighted by Crippen LogP contribution is -2.32. The minimum absolute atomic E-state index is 0.507. The van der Waals surface area contributed by atoms with Gasteiger partial charge in [0.2, 0.25) is 0 Å². The predicted octanol–water partition coefficient (Wildman–Crippen LogP) is 2.46. The van der Waals surface area contributed by atoms with Crippen molar-refractivity contribution >= 4 is 5.69 Å². The lowest BCUT2D eigenvalue weighted by atomic mass is 10.1. The van der Waals surface area contributed by atoms with Crippen LogP contribution in [-0.2, 0) is 20.0 Å². The molecule has 0 aliphatic heterocycles. The summed E-state index contributed by atoms with van der Waals surface area (Å²) in [6.45, 7) is 6.42. The first-order valence-corrected chi connectivity index (χ1v) is 7.11. The van der Waals surface area contributed by atoms with Gasteiger partial charge in [0.1, 0.15) is 5.82 Å². The maximum absolute atomic E-state index is 5.73. The van der Waals surface area contributed by atoms with Gasteiger partial charge in [-0.15, -0.1) is 0 Å². The Morgan fingerprint density at radius 2 is 1.95 bits per heavy atom. The van der Waals surface area contributed by atoms with E-state index < -0.39 is 0 Å². The number of nitrogens with two attached hydrogens (primary N) is 1. The second-order valence-electron chi connectivity index (χ2n) is 5.51. The fourth-order valence-corrected chi connectivity index (χ4v) is 2.26. The smallest absolute Gasteiger partial charge is 0.109 e. The van der Waals surface area contributed by atoms with Gasteiger partial charge in [-0.3, -0.25) is 4.90 Å². The van der Waals surface area contributed by atoms with Crippen molar-refractivity contribution in [1.29, 1.82) is 0 Å². The number of nitrogen functional groups attached to an aromatic ring is 1. The molecule has 108 valence electrons. The Hall–Kier alpha value is -1.81. The molecule has 0 amide bonds. The van der Waals surface area contributed by atoms with Crippen molar-refractivity contribution in [2.24, 2.45) is 7.05 Å². The number of aromatic nitrogens is 2. The normalized spacial score (nSPS) is 11.4. The number of hydrogen-bond donors (Lipinski definition) is 1. The quantitative estimate of drug-likeness (QED) is 0.822. The molecule has 0 unspecified atom stereocenters. The molecule has 0 aliphatic carbocycles. The van der Waals surface area contributed by atoms with Crippen molar-refractivity contribution in [3.05, 3.63) is 48.0 Å². The van der Waals surface area contributed by atoms with Crippen LogP contribution in [0.5, 0.6) is 0 Å². The van der Waals surface area contributed by atoms with Crippen LogP contribution in [0, 0.1) is 0 Å². The van der Waals surface area contributed by atoms with Gasteiger partial charge in [-0.1, -0.05) is 12.1 Å². The first-order valence-electron chi connectivity index (χ1n) is 7.11. The maximum atomic E-state index is 5.73. The van der Waals surface area contributed by atoms with Crippen molar-refractivity contribution in [3.8, 4) is 0 Å². The van der Waals surface area contributed by atoms with E-state index >= 15 is 0 Å². The molecule has 2 aromatic rings. The van der Waals surface area contributed by atoms with E-state index in [2.05, 4.69) is 40.4 Å². The first kappa shape index (κ1) is 14.6. The summed E-state index contributed by atoms with van der Waals surface area (Å²) in [5.74, 6) is 1.13. The van der Waals surface area contributed by atoms with Gasteiger partial charge >= 0.3 is 0 Å². The summed E-state index contributed by atoms with van der Waals surface area (Å²) in [6.07, 6.45) is 4.82. The SMILES string of the molecule is CC(C)N(CCc1nccn1C)Cc1ccc(N)cc1. The molecule has 0 saturated heterocycles. The maximum Gasteiger partial charge on any atom is 0.109 e. The van der Waals surface area contributed by atoms with Crippen molar-refractivity contribution in [1.82, 2.24) is 14.5 Å². The van der Waals surface area contributed by atoms with Crippen LogP contribution in [0.3, 0.4) is 0 Å². The summed E-state index contributed by atoms with van der Waals surface area (Å²) in [4.78, 5) is 6.84. The van der Waals surface area contributed by atoms with Gasteiger partial charge in [-0.2, -0.15) is 0 Å². The van der Waals surface area contributed by atoms with Gasteiger partial charge in [-0.05, 0) is 31.5 Å². The van der Waals surface area contributed by atoms with E-state index in [1.165, 1.54) is 5.56 Å². The number of aryl methyl sites for hydroxylation is 1. The van der Waals surface area contributed by atoms with Gasteiger partial charge in [-0.25, -0.2) is 4.98 Å². The zero-order chi connectivity index (χ0) is 14.5. The largest absolute Gasteiger partial charge is 0.399 e. The molecule has 0 saturated carbocycles.